The molecule has 5 aromatic rings. The first-order chi connectivity index (χ1) is 19.3. The summed E-state index contributed by atoms with van der Waals surface area (Å²) in [5.41, 5.74) is 9.15. The molecule has 2 aromatic carbocycles. The minimum atomic E-state index is -0.255. The lowest BCUT2D eigenvalue weighted by atomic mass is 9.83. The molecule has 0 fully saturated rings. The number of allylic oxidation sites excluding steroid dienone is 1. The van der Waals surface area contributed by atoms with Crippen LogP contribution in [0.25, 0.3) is 39.6 Å². The fourth-order valence-corrected chi connectivity index (χ4v) is 6.31. The highest BCUT2D eigenvalue weighted by Crippen LogP contribution is 2.40. The minimum absolute atomic E-state index is 0.0609. The van der Waals surface area contributed by atoms with Crippen molar-refractivity contribution in [2.24, 2.45) is 7.05 Å². The van der Waals surface area contributed by atoms with Gasteiger partial charge >= 0.3 is 0 Å². The molecular formula is C35H39N5+2. The van der Waals surface area contributed by atoms with E-state index in [2.05, 4.69) is 147 Å². The molecule has 0 saturated heterocycles. The van der Waals surface area contributed by atoms with E-state index in [9.17, 15) is 0 Å². The Labute approximate surface area is 237 Å². The van der Waals surface area contributed by atoms with Crippen molar-refractivity contribution in [2.45, 2.75) is 65.0 Å². The average molecular weight is 530 g/mol. The van der Waals surface area contributed by atoms with Crippen molar-refractivity contribution in [1.82, 2.24) is 14.8 Å². The molecule has 40 heavy (non-hydrogen) atoms. The lowest BCUT2D eigenvalue weighted by molar-refractivity contribution is -0.748. The number of aryl methyl sites for hydroxylation is 1. The molecule has 1 aliphatic rings. The van der Waals surface area contributed by atoms with Crippen molar-refractivity contribution in [2.75, 3.05) is 0 Å². The number of fused-ring (bicyclic) bond motifs is 5. The molecule has 0 atom stereocenters. The largest absolute Gasteiger partial charge is 0.288 e. The maximum Gasteiger partial charge on any atom is 0.288 e. The Morgan fingerprint density at radius 1 is 0.900 bits per heavy atom. The number of benzene rings is 2. The molecule has 5 heteroatoms. The van der Waals surface area contributed by atoms with Gasteiger partial charge in [0.2, 0.25) is 5.69 Å². The second-order valence-electron chi connectivity index (χ2n) is 12.0. The van der Waals surface area contributed by atoms with Crippen molar-refractivity contribution < 1.29 is 9.13 Å². The Kier molecular flexibility index (Phi) is 6.41. The summed E-state index contributed by atoms with van der Waals surface area (Å²) in [7, 11) is 2.11. The third-order valence-corrected chi connectivity index (χ3v) is 8.67. The average Bonchev–Trinajstić information content (AvgIpc) is 3.34. The van der Waals surface area contributed by atoms with Crippen LogP contribution in [0.4, 0.5) is 0 Å². The van der Waals surface area contributed by atoms with Crippen molar-refractivity contribution in [3.05, 3.63) is 102 Å². The Hall–Kier alpha value is -4.12. The fourth-order valence-electron chi connectivity index (χ4n) is 6.31. The second-order valence-corrected chi connectivity index (χ2v) is 12.0. The normalized spacial score (nSPS) is 14.4. The Morgan fingerprint density at radius 2 is 1.62 bits per heavy atom. The van der Waals surface area contributed by atoms with E-state index in [0.717, 1.165) is 35.4 Å². The van der Waals surface area contributed by atoms with Crippen LogP contribution >= 0.6 is 0 Å². The Morgan fingerprint density at radius 3 is 2.38 bits per heavy atom. The van der Waals surface area contributed by atoms with Gasteiger partial charge in [-0.1, -0.05) is 71.0 Å². The van der Waals surface area contributed by atoms with Crippen LogP contribution in [0.3, 0.4) is 0 Å². The van der Waals surface area contributed by atoms with E-state index in [1.165, 1.54) is 27.8 Å². The van der Waals surface area contributed by atoms with Gasteiger partial charge in [-0.25, -0.2) is 4.57 Å². The van der Waals surface area contributed by atoms with Crippen molar-refractivity contribution in [3.63, 3.8) is 0 Å². The number of hydrogen-bond donors (Lipinski definition) is 0. The Bertz CT molecular complexity index is 1750. The van der Waals surface area contributed by atoms with Crippen LogP contribution in [0.2, 0.25) is 0 Å². The van der Waals surface area contributed by atoms with Crippen molar-refractivity contribution >= 4 is 17.0 Å². The Balaban J connectivity index is 1.62. The highest BCUT2D eigenvalue weighted by molar-refractivity contribution is 5.93. The third kappa shape index (κ3) is 4.16. The van der Waals surface area contributed by atoms with E-state index >= 15 is 0 Å². The van der Waals surface area contributed by atoms with Gasteiger partial charge in [-0.2, -0.15) is 9.67 Å². The number of para-hydroxylation sites is 1. The van der Waals surface area contributed by atoms with Crippen molar-refractivity contribution in [1.29, 1.82) is 0 Å². The smallest absolute Gasteiger partial charge is 0.254 e. The van der Waals surface area contributed by atoms with Crippen LogP contribution < -0.4 is 9.13 Å². The van der Waals surface area contributed by atoms with Gasteiger partial charge in [0.05, 0.1) is 17.6 Å². The van der Waals surface area contributed by atoms with Gasteiger partial charge < -0.3 is 0 Å². The molecule has 0 aliphatic carbocycles. The third-order valence-electron chi connectivity index (χ3n) is 8.67. The van der Waals surface area contributed by atoms with Crippen LogP contribution in [0, 0.1) is 0 Å². The topological polar surface area (TPSA) is 38.5 Å². The first-order valence-electron chi connectivity index (χ1n) is 14.4. The molecule has 0 saturated carbocycles. The van der Waals surface area contributed by atoms with Crippen LogP contribution in [-0.2, 0) is 24.5 Å². The molecule has 0 spiro atoms. The number of hydrogen-bond acceptors (Lipinski definition) is 2. The molecule has 0 amide bonds. The molecule has 0 radical (unpaired) electrons. The monoisotopic (exact) mass is 529 g/mol. The second kappa shape index (κ2) is 9.81. The molecule has 0 N–H and O–H groups in total. The number of pyridine rings is 1. The predicted octanol–water partition coefficient (Wildman–Crippen LogP) is 6.79. The summed E-state index contributed by atoms with van der Waals surface area (Å²) in [6.07, 6.45) is 8.50. The van der Waals surface area contributed by atoms with Gasteiger partial charge in [-0.15, -0.1) is 0 Å². The zero-order valence-corrected chi connectivity index (χ0v) is 24.5. The fraction of sp³-hybridized carbons (Fsp3) is 0.314. The summed E-state index contributed by atoms with van der Waals surface area (Å²) >= 11 is 0. The summed E-state index contributed by atoms with van der Waals surface area (Å²) in [6, 6.07) is 25.9. The van der Waals surface area contributed by atoms with Gasteiger partial charge in [0, 0.05) is 23.1 Å². The highest BCUT2D eigenvalue weighted by Gasteiger charge is 2.43. The van der Waals surface area contributed by atoms with Crippen LogP contribution in [-0.4, -0.2) is 14.8 Å². The maximum atomic E-state index is 5.26. The first kappa shape index (κ1) is 26.1. The summed E-state index contributed by atoms with van der Waals surface area (Å²) in [6.45, 7) is 12.0. The van der Waals surface area contributed by atoms with Crippen LogP contribution in [0.1, 0.15) is 58.7 Å². The molecule has 3 aromatic heterocycles. The SMILES string of the molecule is CCC1(CC)C(Cn2nc(C(C)(C)C)cc2-c2cccc[n+]2C)=Cc2ccccc2-c2c3ccccc3nc[n+]21. The molecule has 6 rings (SSSR count). The summed E-state index contributed by atoms with van der Waals surface area (Å²) in [5.74, 6) is 0. The molecule has 0 unspecified atom stereocenters. The van der Waals surface area contributed by atoms with Crippen LogP contribution in [0.15, 0.2) is 90.9 Å². The van der Waals surface area contributed by atoms with E-state index in [0.29, 0.717) is 6.54 Å². The van der Waals surface area contributed by atoms with E-state index in [-0.39, 0.29) is 11.0 Å². The van der Waals surface area contributed by atoms with E-state index in [1.807, 2.05) is 0 Å². The standard InChI is InChI=1S/C35H39N5/c1-7-35(8-2)26(23-40-31(22-32(37-40)34(3,4)5)30-19-13-14-20-38(30)6)21-25-15-9-10-16-27(25)33-28-17-11-12-18-29(28)36-24-39(33)35/h9-22,24H,7-8,23H2,1-6H3/q+2. The quantitative estimate of drug-likeness (QED) is 0.235. The molecule has 202 valence electrons. The van der Waals surface area contributed by atoms with Crippen molar-refractivity contribution in [3.8, 4) is 22.6 Å². The molecule has 5 nitrogen and oxygen atoms in total. The van der Waals surface area contributed by atoms with Gasteiger partial charge in [0.1, 0.15) is 24.0 Å². The summed E-state index contributed by atoms with van der Waals surface area (Å²) in [4.78, 5) is 4.96. The summed E-state index contributed by atoms with van der Waals surface area (Å²) < 4.78 is 6.87. The lowest BCUT2D eigenvalue weighted by Gasteiger charge is -2.33. The number of aromatic nitrogens is 5. The lowest BCUT2D eigenvalue weighted by Crippen LogP contribution is -2.58. The maximum absolute atomic E-state index is 5.26. The zero-order valence-electron chi connectivity index (χ0n) is 24.5. The van der Waals surface area contributed by atoms with Gasteiger partial charge in [-0.05, 0) is 59.3 Å². The summed E-state index contributed by atoms with van der Waals surface area (Å²) in [5, 5.41) is 6.44. The molecule has 4 heterocycles. The number of rotatable bonds is 5. The molecule has 0 bridgehead atoms. The van der Waals surface area contributed by atoms with E-state index < -0.39 is 0 Å². The molecule has 1 aliphatic heterocycles. The van der Waals surface area contributed by atoms with E-state index in [1.54, 1.807) is 0 Å². The first-order valence-corrected chi connectivity index (χ1v) is 14.4. The van der Waals surface area contributed by atoms with Crippen LogP contribution in [0.5, 0.6) is 0 Å². The van der Waals surface area contributed by atoms with Gasteiger partial charge in [-0.3, -0.25) is 4.68 Å². The zero-order chi connectivity index (χ0) is 28.1. The molecular weight excluding hydrogens is 490 g/mol. The predicted molar refractivity (Wildman–Crippen MR) is 161 cm³/mol. The van der Waals surface area contributed by atoms with E-state index in [4.69, 9.17) is 10.1 Å². The number of nitrogens with zero attached hydrogens (tertiary/aromatic N) is 5. The van der Waals surface area contributed by atoms with Gasteiger partial charge in [0.15, 0.2) is 11.7 Å². The van der Waals surface area contributed by atoms with Gasteiger partial charge in [0.25, 0.3) is 6.33 Å². The minimum Gasteiger partial charge on any atom is -0.254 e. The highest BCUT2D eigenvalue weighted by atomic mass is 15.3.